The van der Waals surface area contributed by atoms with Gasteiger partial charge in [-0.3, -0.25) is 9.52 Å². The molecule has 5 aromatic carbocycles. The first-order valence-electron chi connectivity index (χ1n) is 14.0. The summed E-state index contributed by atoms with van der Waals surface area (Å²) in [5, 5.41) is 21.9. The molecule has 0 atom stereocenters. The molecule has 4 N–H and O–H groups in total. The zero-order chi connectivity index (χ0) is 32.8. The van der Waals surface area contributed by atoms with Gasteiger partial charge in [0.15, 0.2) is 0 Å². The molecule has 5 rings (SSSR count). The minimum atomic E-state index is -4.12. The molecule has 1 amide bonds. The first kappa shape index (κ1) is 31.6. The Morgan fingerprint density at radius 2 is 1.57 bits per heavy atom. The summed E-state index contributed by atoms with van der Waals surface area (Å²) < 4.78 is 39.7. The van der Waals surface area contributed by atoms with Crippen molar-refractivity contribution in [2.75, 3.05) is 17.1 Å². The van der Waals surface area contributed by atoms with E-state index in [1.54, 1.807) is 78.9 Å². The van der Waals surface area contributed by atoms with Crippen LogP contribution in [-0.4, -0.2) is 37.6 Å². The molecule has 0 aliphatic heterocycles. The molecule has 0 unspecified atom stereocenters. The number of ether oxygens (including phenoxy) is 2. The SMILES string of the molecule is COc1ccc(S(=O)(=O)Nc2cc(C)cc(COc3cccc(NC(=O)c4cccc(-c5ccc(O)cc5)c4)c3)c2)cc1C(=O)O. The Kier molecular flexibility index (Phi) is 9.24. The number of amides is 1. The molecule has 5 aromatic rings. The van der Waals surface area contributed by atoms with Crippen LogP contribution in [0, 0.1) is 6.92 Å². The lowest BCUT2D eigenvalue weighted by atomic mass is 10.0. The second-order valence-electron chi connectivity index (χ2n) is 10.4. The molecule has 10 nitrogen and oxygen atoms in total. The Morgan fingerprint density at radius 3 is 2.30 bits per heavy atom. The van der Waals surface area contributed by atoms with Gasteiger partial charge in [-0.2, -0.15) is 0 Å². The highest BCUT2D eigenvalue weighted by Gasteiger charge is 2.20. The van der Waals surface area contributed by atoms with Gasteiger partial charge in [0.25, 0.3) is 15.9 Å². The number of hydrogen-bond donors (Lipinski definition) is 4. The van der Waals surface area contributed by atoms with E-state index < -0.39 is 16.0 Å². The number of carboxylic acid groups (broad SMARTS) is 1. The fraction of sp³-hybridized carbons (Fsp3) is 0.0857. The van der Waals surface area contributed by atoms with Crippen molar-refractivity contribution in [3.63, 3.8) is 0 Å². The number of phenols is 1. The first-order chi connectivity index (χ1) is 22.0. The Labute approximate surface area is 265 Å². The maximum Gasteiger partial charge on any atom is 0.339 e. The molecule has 0 radical (unpaired) electrons. The minimum absolute atomic E-state index is 0.0462. The predicted octanol–water partition coefficient (Wildman–Crippen LogP) is 6.71. The molecule has 11 heteroatoms. The van der Waals surface area contributed by atoms with Crippen molar-refractivity contribution in [1.29, 1.82) is 0 Å². The van der Waals surface area contributed by atoms with E-state index in [1.807, 2.05) is 19.1 Å². The molecular weight excluding hydrogens is 608 g/mol. The Hall–Kier alpha value is -5.81. The molecule has 0 aliphatic rings. The molecule has 0 saturated heterocycles. The van der Waals surface area contributed by atoms with Gasteiger partial charge >= 0.3 is 5.97 Å². The number of carbonyl (C=O) groups excluding carboxylic acids is 1. The minimum Gasteiger partial charge on any atom is -0.508 e. The van der Waals surface area contributed by atoms with Crippen LogP contribution in [0.3, 0.4) is 0 Å². The van der Waals surface area contributed by atoms with Crippen LogP contribution >= 0.6 is 0 Å². The number of anilines is 2. The van der Waals surface area contributed by atoms with Crippen LogP contribution < -0.4 is 19.5 Å². The maximum atomic E-state index is 13.1. The van der Waals surface area contributed by atoms with E-state index in [-0.39, 0.29) is 40.2 Å². The summed E-state index contributed by atoms with van der Waals surface area (Å²) in [7, 11) is -2.81. The number of carboxylic acids is 1. The number of hydrogen-bond acceptors (Lipinski definition) is 7. The summed E-state index contributed by atoms with van der Waals surface area (Å²) in [5.41, 5.74) is 4.14. The van der Waals surface area contributed by atoms with Crippen LogP contribution in [0.25, 0.3) is 11.1 Å². The van der Waals surface area contributed by atoms with Crippen LogP contribution in [0.2, 0.25) is 0 Å². The van der Waals surface area contributed by atoms with Gasteiger partial charge in [0.05, 0.1) is 12.0 Å². The molecule has 0 saturated carbocycles. The van der Waals surface area contributed by atoms with Crippen molar-refractivity contribution in [3.05, 3.63) is 131 Å². The number of aromatic hydroxyl groups is 1. The number of aromatic carboxylic acids is 1. The first-order valence-corrected chi connectivity index (χ1v) is 15.5. The van der Waals surface area contributed by atoms with Gasteiger partial charge in [-0.15, -0.1) is 0 Å². The summed E-state index contributed by atoms with van der Waals surface area (Å²) in [6.45, 7) is 1.91. The zero-order valence-electron chi connectivity index (χ0n) is 24.9. The Bertz CT molecular complexity index is 2030. The largest absolute Gasteiger partial charge is 0.508 e. The predicted molar refractivity (Wildman–Crippen MR) is 174 cm³/mol. The van der Waals surface area contributed by atoms with Crippen LogP contribution in [0.4, 0.5) is 11.4 Å². The summed E-state index contributed by atoms with van der Waals surface area (Å²) >= 11 is 0. The van der Waals surface area contributed by atoms with Crippen molar-refractivity contribution in [1.82, 2.24) is 0 Å². The fourth-order valence-corrected chi connectivity index (χ4v) is 5.83. The molecule has 0 aliphatic carbocycles. The molecule has 234 valence electrons. The van der Waals surface area contributed by atoms with Crippen molar-refractivity contribution in [2.45, 2.75) is 18.4 Å². The molecule has 0 fully saturated rings. The number of carbonyl (C=O) groups is 2. The lowest BCUT2D eigenvalue weighted by Crippen LogP contribution is -2.14. The third kappa shape index (κ3) is 7.63. The number of phenolic OH excluding ortho intramolecular Hbond substituents is 1. The van der Waals surface area contributed by atoms with Crippen LogP contribution in [0.5, 0.6) is 17.2 Å². The van der Waals surface area contributed by atoms with E-state index in [1.165, 1.54) is 19.2 Å². The highest BCUT2D eigenvalue weighted by molar-refractivity contribution is 7.92. The molecule has 0 bridgehead atoms. The maximum absolute atomic E-state index is 13.1. The average molecular weight is 639 g/mol. The van der Waals surface area contributed by atoms with E-state index >= 15 is 0 Å². The van der Waals surface area contributed by atoms with Gasteiger partial charge in [-0.1, -0.05) is 36.4 Å². The Morgan fingerprint density at radius 1 is 0.804 bits per heavy atom. The van der Waals surface area contributed by atoms with E-state index in [0.29, 0.717) is 22.6 Å². The molecule has 0 aromatic heterocycles. The molecular formula is C35H30N2O8S. The summed E-state index contributed by atoms with van der Waals surface area (Å²) in [5.74, 6) is -0.925. The summed E-state index contributed by atoms with van der Waals surface area (Å²) in [6.07, 6.45) is 0. The van der Waals surface area contributed by atoms with Gasteiger partial charge in [0.2, 0.25) is 0 Å². The van der Waals surface area contributed by atoms with Crippen molar-refractivity contribution in [2.24, 2.45) is 0 Å². The van der Waals surface area contributed by atoms with E-state index in [0.717, 1.165) is 22.8 Å². The highest BCUT2D eigenvalue weighted by atomic mass is 32.2. The number of rotatable bonds is 11. The number of sulfonamides is 1. The van der Waals surface area contributed by atoms with Crippen LogP contribution in [-0.2, 0) is 16.6 Å². The summed E-state index contributed by atoms with van der Waals surface area (Å²) in [4.78, 5) is 24.4. The molecule has 46 heavy (non-hydrogen) atoms. The fourth-order valence-electron chi connectivity index (χ4n) is 4.77. The van der Waals surface area contributed by atoms with Crippen LogP contribution in [0.1, 0.15) is 31.8 Å². The summed E-state index contributed by atoms with van der Waals surface area (Å²) in [6, 6.07) is 29.5. The lowest BCUT2D eigenvalue weighted by molar-refractivity contribution is 0.0692. The van der Waals surface area contributed by atoms with E-state index in [4.69, 9.17) is 9.47 Å². The third-order valence-electron chi connectivity index (χ3n) is 6.92. The smallest absolute Gasteiger partial charge is 0.339 e. The topological polar surface area (TPSA) is 151 Å². The number of benzene rings is 5. The lowest BCUT2D eigenvalue weighted by Gasteiger charge is -2.13. The van der Waals surface area contributed by atoms with E-state index in [2.05, 4.69) is 10.0 Å². The Balaban J connectivity index is 1.26. The zero-order valence-corrected chi connectivity index (χ0v) is 25.7. The quantitative estimate of drug-likeness (QED) is 0.125. The third-order valence-corrected chi connectivity index (χ3v) is 8.30. The van der Waals surface area contributed by atoms with Crippen molar-refractivity contribution in [3.8, 4) is 28.4 Å². The second kappa shape index (κ2) is 13.4. The van der Waals surface area contributed by atoms with Gasteiger partial charge in [0, 0.05) is 23.0 Å². The number of aryl methyl sites for hydroxylation is 1. The average Bonchev–Trinajstić information content (AvgIpc) is 3.03. The van der Waals surface area contributed by atoms with Crippen molar-refractivity contribution < 1.29 is 37.7 Å². The normalized spacial score (nSPS) is 11.0. The standard InChI is InChI=1S/C35H30N2O8S/c1-22-15-23(17-28(16-22)37-46(42,43)31-13-14-33(44-2)32(20-31)35(40)41)21-45-30-8-4-7-27(19-30)36-34(39)26-6-3-5-25(18-26)24-9-11-29(38)12-10-24/h3-20,37-38H,21H2,1-2H3,(H,36,39)(H,40,41). The van der Waals surface area contributed by atoms with Gasteiger partial charge in [0.1, 0.15) is 29.4 Å². The highest BCUT2D eigenvalue weighted by Crippen LogP contribution is 2.27. The van der Waals surface area contributed by atoms with E-state index in [9.17, 15) is 28.2 Å². The van der Waals surface area contributed by atoms with Gasteiger partial charge in [-0.05, 0) is 95.9 Å². The van der Waals surface area contributed by atoms with Gasteiger partial charge < -0.3 is 25.0 Å². The van der Waals surface area contributed by atoms with Crippen LogP contribution in [0.15, 0.2) is 114 Å². The number of methoxy groups -OCH3 is 1. The van der Waals surface area contributed by atoms with Crippen molar-refractivity contribution >= 4 is 33.3 Å². The molecule has 0 heterocycles. The monoisotopic (exact) mass is 638 g/mol. The van der Waals surface area contributed by atoms with Gasteiger partial charge in [-0.25, -0.2) is 13.2 Å². The number of nitrogens with one attached hydrogen (secondary N) is 2. The second-order valence-corrected chi connectivity index (χ2v) is 12.1. The molecule has 0 spiro atoms.